The summed E-state index contributed by atoms with van der Waals surface area (Å²) < 4.78 is 63.0. The zero-order valence-corrected chi connectivity index (χ0v) is 20.3. The summed E-state index contributed by atoms with van der Waals surface area (Å²) in [5.41, 5.74) is 0.00895. The van der Waals surface area contributed by atoms with Gasteiger partial charge in [-0.3, -0.25) is 9.10 Å². The largest absolute Gasteiger partial charge is 0.486 e. The number of aryl methyl sites for hydroxylation is 1. The third-order valence-electron chi connectivity index (χ3n) is 6.05. The second-order valence-electron chi connectivity index (χ2n) is 9.27. The van der Waals surface area contributed by atoms with Crippen LogP contribution in [-0.2, 0) is 14.8 Å². The number of benzene rings is 3. The molecule has 1 N–H and O–H groups in total. The number of hydrogen-bond acceptors (Lipinski definition) is 4. The SMILES string of the molecule is Cc1cccc(S(=O)(=O)N2C[C@H](CC(C)(C)C(=O)O)Oc3ccc(-c4cccc(F)c4F)cc32)c1. The quantitative estimate of drug-likeness (QED) is 0.489. The van der Waals surface area contributed by atoms with Crippen LogP contribution in [0.25, 0.3) is 11.1 Å². The zero-order chi connectivity index (χ0) is 25.5. The van der Waals surface area contributed by atoms with Crippen molar-refractivity contribution in [3.8, 4) is 16.9 Å². The molecule has 9 heteroatoms. The summed E-state index contributed by atoms with van der Waals surface area (Å²) >= 11 is 0. The highest BCUT2D eigenvalue weighted by Gasteiger charge is 2.39. The smallest absolute Gasteiger partial charge is 0.309 e. The average molecular weight is 502 g/mol. The lowest BCUT2D eigenvalue weighted by Crippen LogP contribution is -2.46. The van der Waals surface area contributed by atoms with E-state index in [4.69, 9.17) is 4.74 Å². The number of hydrogen-bond donors (Lipinski definition) is 1. The number of aliphatic carboxylic acids is 1. The lowest BCUT2D eigenvalue weighted by molar-refractivity contribution is -0.148. The molecule has 0 spiro atoms. The first kappa shape index (κ1) is 24.7. The molecule has 184 valence electrons. The predicted molar refractivity (Wildman–Crippen MR) is 128 cm³/mol. The van der Waals surface area contributed by atoms with Crippen LogP contribution in [0.4, 0.5) is 14.5 Å². The van der Waals surface area contributed by atoms with Gasteiger partial charge < -0.3 is 9.84 Å². The third-order valence-corrected chi connectivity index (χ3v) is 7.82. The summed E-state index contributed by atoms with van der Waals surface area (Å²) in [6, 6.07) is 14.6. The molecule has 0 amide bonds. The number of fused-ring (bicyclic) bond motifs is 1. The van der Waals surface area contributed by atoms with E-state index in [0.717, 1.165) is 15.9 Å². The predicted octanol–water partition coefficient (Wildman–Crippen LogP) is 5.40. The Labute approximate surface area is 202 Å². The van der Waals surface area contributed by atoms with Crippen molar-refractivity contribution in [1.29, 1.82) is 0 Å². The summed E-state index contributed by atoms with van der Waals surface area (Å²) in [5, 5.41) is 9.56. The molecule has 0 aliphatic carbocycles. The fraction of sp³-hybridized carbons (Fsp3) is 0.269. The van der Waals surface area contributed by atoms with Crippen LogP contribution in [0.5, 0.6) is 5.75 Å². The maximum atomic E-state index is 14.5. The number of carboxylic acids is 1. The molecule has 3 aromatic rings. The van der Waals surface area contributed by atoms with Gasteiger partial charge in [-0.1, -0.05) is 30.3 Å². The summed E-state index contributed by atoms with van der Waals surface area (Å²) in [6.07, 6.45) is -0.688. The van der Waals surface area contributed by atoms with Crippen LogP contribution in [0.2, 0.25) is 0 Å². The van der Waals surface area contributed by atoms with Crippen LogP contribution in [-0.4, -0.2) is 32.1 Å². The van der Waals surface area contributed by atoms with E-state index in [0.29, 0.717) is 0 Å². The van der Waals surface area contributed by atoms with Crippen molar-refractivity contribution < 1.29 is 31.8 Å². The maximum Gasteiger partial charge on any atom is 0.309 e. The average Bonchev–Trinajstić information content (AvgIpc) is 2.79. The Kier molecular flexibility index (Phi) is 6.31. The molecule has 0 unspecified atom stereocenters. The summed E-state index contributed by atoms with van der Waals surface area (Å²) in [5.74, 6) is -2.88. The second kappa shape index (κ2) is 8.96. The van der Waals surface area contributed by atoms with Crippen molar-refractivity contribution in [3.05, 3.63) is 77.9 Å². The first-order chi connectivity index (χ1) is 16.4. The van der Waals surface area contributed by atoms with Crippen molar-refractivity contribution >= 4 is 21.7 Å². The van der Waals surface area contributed by atoms with Crippen molar-refractivity contribution in [2.24, 2.45) is 5.41 Å². The van der Waals surface area contributed by atoms with Gasteiger partial charge >= 0.3 is 5.97 Å². The molecule has 1 heterocycles. The molecule has 35 heavy (non-hydrogen) atoms. The number of rotatable bonds is 6. The van der Waals surface area contributed by atoms with Gasteiger partial charge in [-0.2, -0.15) is 0 Å². The lowest BCUT2D eigenvalue weighted by atomic mass is 9.86. The van der Waals surface area contributed by atoms with E-state index in [1.165, 1.54) is 42.5 Å². The van der Waals surface area contributed by atoms with Crippen LogP contribution < -0.4 is 9.04 Å². The Morgan fingerprint density at radius 2 is 1.83 bits per heavy atom. The van der Waals surface area contributed by atoms with Gasteiger partial charge in [0.1, 0.15) is 11.9 Å². The molecule has 0 radical (unpaired) electrons. The molecule has 1 aliphatic rings. The minimum atomic E-state index is -4.09. The highest BCUT2D eigenvalue weighted by Crippen LogP contribution is 2.42. The number of halogens is 2. The Hall–Kier alpha value is -3.46. The van der Waals surface area contributed by atoms with Crippen LogP contribution >= 0.6 is 0 Å². The summed E-state index contributed by atoms with van der Waals surface area (Å²) in [4.78, 5) is 11.7. The third kappa shape index (κ3) is 4.73. The molecule has 6 nitrogen and oxygen atoms in total. The van der Waals surface area contributed by atoms with Gasteiger partial charge in [0.05, 0.1) is 22.5 Å². The normalized spacial score (nSPS) is 15.9. The fourth-order valence-electron chi connectivity index (χ4n) is 4.10. The van der Waals surface area contributed by atoms with E-state index in [-0.39, 0.29) is 40.4 Å². The number of nitrogens with zero attached hydrogens (tertiary/aromatic N) is 1. The van der Waals surface area contributed by atoms with Crippen molar-refractivity contribution in [2.75, 3.05) is 10.8 Å². The number of carbonyl (C=O) groups is 1. The van der Waals surface area contributed by atoms with Crippen molar-refractivity contribution in [3.63, 3.8) is 0 Å². The lowest BCUT2D eigenvalue weighted by Gasteiger charge is -2.38. The van der Waals surface area contributed by atoms with Crippen LogP contribution in [0, 0.1) is 24.0 Å². The Balaban J connectivity index is 1.84. The van der Waals surface area contributed by atoms with Gasteiger partial charge in [-0.25, -0.2) is 17.2 Å². The van der Waals surface area contributed by atoms with E-state index >= 15 is 0 Å². The number of sulfonamides is 1. The molecule has 3 aromatic carbocycles. The van der Waals surface area contributed by atoms with Crippen LogP contribution in [0.15, 0.2) is 65.6 Å². The minimum absolute atomic E-state index is 0.0187. The minimum Gasteiger partial charge on any atom is -0.486 e. The Morgan fingerprint density at radius 1 is 1.11 bits per heavy atom. The Bertz CT molecular complexity index is 1400. The van der Waals surface area contributed by atoms with Crippen LogP contribution in [0.1, 0.15) is 25.8 Å². The standard InChI is InChI=1S/C26H25F2NO5S/c1-16-6-4-7-19(12-16)35(32,33)29-15-18(14-26(2,3)25(30)31)34-23-11-10-17(13-22(23)29)20-8-5-9-21(27)24(20)28/h4-13,18H,14-15H2,1-3H3,(H,30,31)/t18-/m0/s1. The summed E-state index contributed by atoms with van der Waals surface area (Å²) in [7, 11) is -4.09. The molecule has 4 rings (SSSR count). The Morgan fingerprint density at radius 3 is 2.51 bits per heavy atom. The molecule has 0 saturated heterocycles. The van der Waals surface area contributed by atoms with E-state index < -0.39 is 39.1 Å². The van der Waals surface area contributed by atoms with Gasteiger partial charge in [-0.15, -0.1) is 0 Å². The number of carboxylic acid groups (broad SMARTS) is 1. The topological polar surface area (TPSA) is 83.9 Å². The van der Waals surface area contributed by atoms with Gasteiger partial charge in [-0.05, 0) is 62.2 Å². The second-order valence-corrected chi connectivity index (χ2v) is 11.1. The van der Waals surface area contributed by atoms with Gasteiger partial charge in [0.2, 0.25) is 0 Å². The highest BCUT2D eigenvalue weighted by atomic mass is 32.2. The van der Waals surface area contributed by atoms with Gasteiger partial charge in [0.25, 0.3) is 10.0 Å². The van der Waals surface area contributed by atoms with Gasteiger partial charge in [0, 0.05) is 12.0 Å². The fourth-order valence-corrected chi connectivity index (χ4v) is 5.70. The summed E-state index contributed by atoms with van der Waals surface area (Å²) in [6.45, 7) is 4.72. The van der Waals surface area contributed by atoms with Crippen molar-refractivity contribution in [2.45, 2.75) is 38.2 Å². The molecular weight excluding hydrogens is 476 g/mol. The van der Waals surface area contributed by atoms with E-state index in [9.17, 15) is 27.1 Å². The monoisotopic (exact) mass is 501 g/mol. The highest BCUT2D eigenvalue weighted by molar-refractivity contribution is 7.92. The van der Waals surface area contributed by atoms with E-state index in [2.05, 4.69) is 0 Å². The molecular formula is C26H25F2NO5S. The number of ether oxygens (including phenoxy) is 1. The first-order valence-corrected chi connectivity index (χ1v) is 12.4. The molecule has 1 atom stereocenters. The molecule has 0 aromatic heterocycles. The van der Waals surface area contributed by atoms with Crippen molar-refractivity contribution in [1.82, 2.24) is 0 Å². The number of anilines is 1. The molecule has 1 aliphatic heterocycles. The van der Waals surface area contributed by atoms with E-state index in [1.807, 2.05) is 0 Å². The molecule has 0 saturated carbocycles. The van der Waals surface area contributed by atoms with E-state index in [1.54, 1.807) is 32.9 Å². The zero-order valence-electron chi connectivity index (χ0n) is 19.5. The maximum absolute atomic E-state index is 14.5. The first-order valence-electron chi connectivity index (χ1n) is 11.0. The molecule has 0 fully saturated rings. The van der Waals surface area contributed by atoms with Crippen LogP contribution in [0.3, 0.4) is 0 Å². The molecule has 0 bridgehead atoms. The van der Waals surface area contributed by atoms with Gasteiger partial charge in [0.15, 0.2) is 11.6 Å².